The first kappa shape index (κ1) is 38.3. The molecule has 10 heteroatoms. The molecule has 52 heavy (non-hydrogen) atoms. The summed E-state index contributed by atoms with van der Waals surface area (Å²) in [6, 6.07) is 22.8. The molecule has 1 saturated carbocycles. The third-order valence-electron chi connectivity index (χ3n) is 9.84. The minimum absolute atomic E-state index is 0.103. The molecule has 1 fully saturated rings. The highest BCUT2D eigenvalue weighted by Crippen LogP contribution is 2.30. The van der Waals surface area contributed by atoms with Crippen molar-refractivity contribution in [3.05, 3.63) is 119 Å². The summed E-state index contributed by atoms with van der Waals surface area (Å²) in [6.07, 6.45) is 3.68. The Labute approximate surface area is 304 Å². The summed E-state index contributed by atoms with van der Waals surface area (Å²) >= 11 is 0. The van der Waals surface area contributed by atoms with Crippen LogP contribution < -0.4 is 16.0 Å². The highest BCUT2D eigenvalue weighted by Gasteiger charge is 2.36. The predicted octanol–water partition coefficient (Wildman–Crippen LogP) is 6.27. The summed E-state index contributed by atoms with van der Waals surface area (Å²) in [5.74, 6) is -3.13. The van der Waals surface area contributed by atoms with Gasteiger partial charge in [0.05, 0.1) is 18.0 Å². The van der Waals surface area contributed by atoms with E-state index in [1.165, 1.54) is 24.3 Å². The van der Waals surface area contributed by atoms with E-state index in [2.05, 4.69) is 16.0 Å². The molecule has 4 aromatic carbocycles. The smallest absolute Gasteiger partial charge is 0.243 e. The van der Waals surface area contributed by atoms with Gasteiger partial charge in [-0.3, -0.25) is 19.2 Å². The van der Waals surface area contributed by atoms with Crippen LogP contribution in [0.4, 0.5) is 8.78 Å². The van der Waals surface area contributed by atoms with E-state index in [4.69, 9.17) is 0 Å². The lowest BCUT2D eigenvalue weighted by Crippen LogP contribution is -2.54. The first-order valence-electron chi connectivity index (χ1n) is 18.1. The number of hydrogen-bond donors (Lipinski definition) is 3. The van der Waals surface area contributed by atoms with Crippen molar-refractivity contribution in [1.29, 1.82) is 0 Å². The summed E-state index contributed by atoms with van der Waals surface area (Å²) in [7, 11) is 3.62. The molecular formula is C42H48F2N4O4. The summed E-state index contributed by atoms with van der Waals surface area (Å²) in [5, 5.41) is 11.0. The molecule has 0 spiro atoms. The largest absolute Gasteiger partial charge is 0.345 e. The van der Waals surface area contributed by atoms with Crippen molar-refractivity contribution in [2.24, 2.45) is 11.8 Å². The fraction of sp³-hybridized carbons (Fsp3) is 0.381. The molecule has 0 saturated heterocycles. The van der Waals surface area contributed by atoms with E-state index in [-0.39, 0.29) is 43.4 Å². The number of halogens is 2. The molecule has 4 aromatic rings. The monoisotopic (exact) mass is 710 g/mol. The molecule has 8 nitrogen and oxygen atoms in total. The lowest BCUT2D eigenvalue weighted by molar-refractivity contribution is -0.134. The molecule has 0 unspecified atom stereocenters. The van der Waals surface area contributed by atoms with Gasteiger partial charge in [-0.2, -0.15) is 0 Å². The molecule has 0 aromatic heterocycles. The van der Waals surface area contributed by atoms with E-state index in [1.807, 2.05) is 61.5 Å². The van der Waals surface area contributed by atoms with Gasteiger partial charge in [-0.15, -0.1) is 0 Å². The molecule has 1 aliphatic rings. The average molecular weight is 711 g/mol. The first-order chi connectivity index (χ1) is 25.0. The van der Waals surface area contributed by atoms with Crippen molar-refractivity contribution < 1.29 is 28.0 Å². The summed E-state index contributed by atoms with van der Waals surface area (Å²) < 4.78 is 27.7. The molecule has 3 atom stereocenters. The minimum Gasteiger partial charge on any atom is -0.345 e. The topological polar surface area (TPSA) is 108 Å². The van der Waals surface area contributed by atoms with Gasteiger partial charge in [0.15, 0.2) is 5.78 Å². The Morgan fingerprint density at radius 3 is 1.92 bits per heavy atom. The van der Waals surface area contributed by atoms with Crippen molar-refractivity contribution in [3.63, 3.8) is 0 Å². The lowest BCUT2D eigenvalue weighted by Gasteiger charge is -2.29. The van der Waals surface area contributed by atoms with Gasteiger partial charge >= 0.3 is 0 Å². The second-order valence-corrected chi connectivity index (χ2v) is 14.1. The normalized spacial score (nSPS) is 15.0. The van der Waals surface area contributed by atoms with Crippen molar-refractivity contribution in [2.75, 3.05) is 20.6 Å². The number of nitrogens with zero attached hydrogens (tertiary/aromatic N) is 1. The molecule has 0 aliphatic heterocycles. The van der Waals surface area contributed by atoms with Crippen LogP contribution in [0.2, 0.25) is 0 Å². The fourth-order valence-electron chi connectivity index (χ4n) is 7.09. The number of rotatable bonds is 16. The van der Waals surface area contributed by atoms with Crippen LogP contribution >= 0.6 is 0 Å². The number of benzene rings is 4. The first-order valence-corrected chi connectivity index (χ1v) is 18.1. The Balaban J connectivity index is 1.37. The van der Waals surface area contributed by atoms with Crippen molar-refractivity contribution in [1.82, 2.24) is 20.9 Å². The zero-order valence-electron chi connectivity index (χ0n) is 30.0. The third-order valence-corrected chi connectivity index (χ3v) is 9.84. The molecule has 3 amide bonds. The third kappa shape index (κ3) is 10.3. The molecule has 0 radical (unpaired) electrons. The molecular weight excluding hydrogens is 662 g/mol. The van der Waals surface area contributed by atoms with Gasteiger partial charge < -0.3 is 20.9 Å². The van der Waals surface area contributed by atoms with Crippen LogP contribution in [0.1, 0.15) is 68.2 Å². The van der Waals surface area contributed by atoms with E-state index in [0.29, 0.717) is 11.1 Å². The second-order valence-electron chi connectivity index (χ2n) is 14.1. The Morgan fingerprint density at radius 2 is 1.35 bits per heavy atom. The zero-order valence-corrected chi connectivity index (χ0v) is 30.0. The number of fused-ring (bicyclic) bond motifs is 1. The van der Waals surface area contributed by atoms with Gasteiger partial charge in [-0.05, 0) is 84.6 Å². The average Bonchev–Trinajstić information content (AvgIpc) is 3.67. The Morgan fingerprint density at radius 1 is 0.750 bits per heavy atom. The van der Waals surface area contributed by atoms with Crippen molar-refractivity contribution >= 4 is 34.3 Å². The van der Waals surface area contributed by atoms with E-state index >= 15 is 0 Å². The summed E-state index contributed by atoms with van der Waals surface area (Å²) in [5.41, 5.74) is 2.07. The maximum absolute atomic E-state index is 14.3. The SMILES string of the molecule is CCC(=O)N[C@@H](Cc1ccc2ccccc2c1)C(=O)N[C@H](C(=O)C[C@@H](CN(C)C)C(=O)NC(c1ccc(F)cc1)c1ccc(F)cc1)C1CCCC1. The maximum atomic E-state index is 14.3. The Kier molecular flexibility index (Phi) is 13.2. The second kappa shape index (κ2) is 18.0. The van der Waals surface area contributed by atoms with Crippen LogP contribution in [-0.2, 0) is 25.6 Å². The number of ketones is 1. The predicted molar refractivity (Wildman–Crippen MR) is 198 cm³/mol. The Hall–Kier alpha value is -4.96. The standard InChI is InChI=1S/C42H48F2N4O4/c1-4-38(50)45-36(24-27-13-14-28-9-5-8-12-32(28)23-27)42(52)47-40(29-10-6-7-11-29)37(49)25-33(26-48(2)3)41(51)46-39(30-15-19-34(43)20-16-30)31-17-21-35(44)22-18-31/h5,8-9,12-23,29,33,36,39-40H,4,6-7,10-11,24-26H2,1-3H3,(H,45,50)(H,46,51)(H,47,52)/t33-,36-,40-/m0/s1. The number of hydrogen-bond acceptors (Lipinski definition) is 5. The van der Waals surface area contributed by atoms with Gasteiger partial charge in [-0.1, -0.05) is 86.5 Å². The van der Waals surface area contributed by atoms with Crippen molar-refractivity contribution in [2.45, 2.75) is 70.0 Å². The highest BCUT2D eigenvalue weighted by molar-refractivity contribution is 5.95. The van der Waals surface area contributed by atoms with Crippen LogP contribution in [-0.4, -0.2) is 61.1 Å². The van der Waals surface area contributed by atoms with Crippen molar-refractivity contribution in [3.8, 4) is 0 Å². The van der Waals surface area contributed by atoms with Crippen LogP contribution in [0.25, 0.3) is 10.8 Å². The minimum atomic E-state index is -0.904. The van der Waals surface area contributed by atoms with Crippen LogP contribution in [0.3, 0.4) is 0 Å². The van der Waals surface area contributed by atoms with Gasteiger partial charge in [-0.25, -0.2) is 8.78 Å². The number of amides is 3. The lowest BCUT2D eigenvalue weighted by atomic mass is 9.88. The number of carbonyl (C=O) groups excluding carboxylic acids is 4. The number of carbonyl (C=O) groups is 4. The van der Waals surface area contributed by atoms with Gasteiger partial charge in [0.25, 0.3) is 0 Å². The summed E-state index contributed by atoms with van der Waals surface area (Å²) in [4.78, 5) is 56.8. The molecule has 0 heterocycles. The number of Topliss-reactive ketones (excluding diaryl/α,β-unsaturated/α-hetero) is 1. The van der Waals surface area contributed by atoms with E-state index in [1.54, 1.807) is 31.2 Å². The maximum Gasteiger partial charge on any atom is 0.243 e. The molecule has 1 aliphatic carbocycles. The van der Waals surface area contributed by atoms with E-state index in [9.17, 15) is 28.0 Å². The van der Waals surface area contributed by atoms with Crippen LogP contribution in [0.15, 0.2) is 91.0 Å². The quantitative estimate of drug-likeness (QED) is 0.127. The van der Waals surface area contributed by atoms with Crippen LogP contribution in [0, 0.1) is 23.5 Å². The van der Waals surface area contributed by atoms with Crippen LogP contribution in [0.5, 0.6) is 0 Å². The molecule has 0 bridgehead atoms. The Bertz CT molecular complexity index is 1800. The van der Waals surface area contributed by atoms with Gasteiger partial charge in [0.2, 0.25) is 17.7 Å². The molecule has 274 valence electrons. The molecule has 5 rings (SSSR count). The highest BCUT2D eigenvalue weighted by atomic mass is 19.1. The summed E-state index contributed by atoms with van der Waals surface area (Å²) in [6.45, 7) is 1.97. The fourth-order valence-corrected chi connectivity index (χ4v) is 7.09. The zero-order chi connectivity index (χ0) is 37.2. The molecule has 3 N–H and O–H groups in total. The number of nitrogens with one attached hydrogen (secondary N) is 3. The van der Waals surface area contributed by atoms with E-state index in [0.717, 1.165) is 42.0 Å². The van der Waals surface area contributed by atoms with Gasteiger partial charge in [0.1, 0.15) is 17.7 Å². The van der Waals surface area contributed by atoms with E-state index < -0.39 is 47.5 Å². The van der Waals surface area contributed by atoms with Gasteiger partial charge in [0, 0.05) is 25.8 Å².